The lowest BCUT2D eigenvalue weighted by Crippen LogP contribution is -2.46. The lowest BCUT2D eigenvalue weighted by atomic mass is 10.1. The van der Waals surface area contributed by atoms with Gasteiger partial charge < -0.3 is 31.9 Å². The van der Waals surface area contributed by atoms with Crippen molar-refractivity contribution >= 4 is 23.9 Å². The number of aliphatic carboxylic acids is 1. The Morgan fingerprint density at radius 3 is 2.09 bits per heavy atom. The number of nitrogens with one attached hydrogen (secondary N) is 2. The fourth-order valence-corrected chi connectivity index (χ4v) is 2.01. The Bertz CT molecular complexity index is 698. The van der Waals surface area contributed by atoms with Gasteiger partial charge in [-0.1, -0.05) is 49.7 Å². The van der Waals surface area contributed by atoms with E-state index in [4.69, 9.17) is 21.3 Å². The number of nitrogens with zero attached hydrogens (tertiary/aromatic N) is 1. The van der Waals surface area contributed by atoms with E-state index in [1.807, 2.05) is 32.0 Å². The average molecular weight is 454 g/mol. The number of carbonyl (C=O) groups excluding carboxylic acids is 2. The molecule has 2 amide bonds. The molecule has 1 atom stereocenters. The summed E-state index contributed by atoms with van der Waals surface area (Å²) in [5.41, 5.74) is 10.9. The molecule has 1 aromatic carbocycles. The quantitative estimate of drug-likeness (QED) is 0.228. The first-order chi connectivity index (χ1) is 14.9. The fraction of sp³-hybridized carbons (Fsp3) is 0.545. The Hall–Kier alpha value is -3.30. The van der Waals surface area contributed by atoms with Crippen LogP contribution in [0.5, 0.6) is 0 Å². The normalized spacial score (nSPS) is 10.7. The summed E-state index contributed by atoms with van der Waals surface area (Å²) in [7, 11) is 0. The predicted octanol–water partition coefficient (Wildman–Crippen LogP) is 2.16. The number of carboxylic acids is 1. The molecular formula is C22H39N5O5. The second-order valence-electron chi connectivity index (χ2n) is 7.42. The van der Waals surface area contributed by atoms with Gasteiger partial charge in [-0.15, -0.1) is 0 Å². The maximum Gasteiger partial charge on any atom is 0.408 e. The maximum absolute atomic E-state index is 11.7. The fourth-order valence-electron chi connectivity index (χ4n) is 2.01. The molecule has 32 heavy (non-hydrogen) atoms. The van der Waals surface area contributed by atoms with E-state index in [9.17, 15) is 14.4 Å². The van der Waals surface area contributed by atoms with E-state index in [1.165, 1.54) is 5.56 Å². The molecule has 0 aromatic heterocycles. The zero-order valence-corrected chi connectivity index (χ0v) is 20.0. The number of carboxylic acid groups (broad SMARTS) is 1. The highest BCUT2D eigenvalue weighted by Crippen LogP contribution is 2.06. The summed E-state index contributed by atoms with van der Waals surface area (Å²) < 4.78 is 4.96. The molecule has 10 nitrogen and oxygen atoms in total. The number of carbonyl (C=O) groups is 3. The van der Waals surface area contributed by atoms with Crippen LogP contribution in [-0.4, -0.2) is 53.8 Å². The summed E-state index contributed by atoms with van der Waals surface area (Å²) in [6, 6.07) is 9.18. The number of guanidine groups is 1. The minimum atomic E-state index is -1.18. The molecule has 0 fully saturated rings. The van der Waals surface area contributed by atoms with Crippen LogP contribution < -0.4 is 22.1 Å². The first kappa shape index (κ1) is 30.9. The summed E-state index contributed by atoms with van der Waals surface area (Å²) in [5, 5.41) is 13.6. The third kappa shape index (κ3) is 20.0. The van der Waals surface area contributed by atoms with E-state index >= 15 is 0 Å². The second kappa shape index (κ2) is 17.4. The topological polar surface area (TPSA) is 169 Å². The van der Waals surface area contributed by atoms with Crippen molar-refractivity contribution in [1.82, 2.24) is 10.6 Å². The summed E-state index contributed by atoms with van der Waals surface area (Å²) in [6.45, 7) is 11.0. The zero-order chi connectivity index (χ0) is 25.2. The molecule has 0 aliphatic carbocycles. The smallest absolute Gasteiger partial charge is 0.408 e. The molecule has 1 unspecified atom stereocenters. The van der Waals surface area contributed by atoms with Crippen molar-refractivity contribution in [1.29, 1.82) is 0 Å². The van der Waals surface area contributed by atoms with Crippen LogP contribution in [0.4, 0.5) is 4.79 Å². The average Bonchev–Trinajstić information content (AvgIpc) is 2.69. The molecule has 0 aliphatic heterocycles. The number of rotatable bonds is 8. The number of hydrogen-bond acceptors (Lipinski definition) is 5. The van der Waals surface area contributed by atoms with Gasteiger partial charge in [-0.25, -0.2) is 9.59 Å². The number of ether oxygens (including phenoxy) is 1. The summed E-state index contributed by atoms with van der Waals surface area (Å²) >= 11 is 0. The summed E-state index contributed by atoms with van der Waals surface area (Å²) in [4.78, 5) is 37.8. The SMILES string of the molecule is CC.CC(C)(C)OC(=O)NCC(=O)NC(CCCN=C(N)N)C(=O)O.Cc1ccccc1. The highest BCUT2D eigenvalue weighted by molar-refractivity contribution is 5.86. The highest BCUT2D eigenvalue weighted by atomic mass is 16.6. The van der Waals surface area contributed by atoms with Crippen LogP contribution in [0.3, 0.4) is 0 Å². The Morgan fingerprint density at radius 1 is 1.12 bits per heavy atom. The Morgan fingerprint density at radius 2 is 1.69 bits per heavy atom. The van der Waals surface area contributed by atoms with Crippen molar-refractivity contribution in [3.8, 4) is 0 Å². The van der Waals surface area contributed by atoms with E-state index in [0.29, 0.717) is 6.42 Å². The van der Waals surface area contributed by atoms with Gasteiger partial charge in [0.15, 0.2) is 5.96 Å². The molecule has 0 aliphatic rings. The van der Waals surface area contributed by atoms with Crippen molar-refractivity contribution in [2.45, 2.75) is 66.0 Å². The molecular weight excluding hydrogens is 414 g/mol. The predicted molar refractivity (Wildman–Crippen MR) is 126 cm³/mol. The maximum atomic E-state index is 11.7. The van der Waals surface area contributed by atoms with Gasteiger partial charge in [-0.2, -0.15) is 0 Å². The number of benzene rings is 1. The zero-order valence-electron chi connectivity index (χ0n) is 20.0. The van der Waals surface area contributed by atoms with E-state index in [2.05, 4.69) is 34.7 Å². The van der Waals surface area contributed by atoms with Crippen LogP contribution in [0, 0.1) is 6.92 Å². The lowest BCUT2D eigenvalue weighted by Gasteiger charge is -2.20. The van der Waals surface area contributed by atoms with Crippen molar-refractivity contribution in [2.75, 3.05) is 13.1 Å². The van der Waals surface area contributed by atoms with Crippen LogP contribution >= 0.6 is 0 Å². The number of hydrogen-bond donors (Lipinski definition) is 5. The molecule has 1 rings (SSSR count). The molecule has 1 aromatic rings. The van der Waals surface area contributed by atoms with E-state index in [-0.39, 0.29) is 25.5 Å². The summed E-state index contributed by atoms with van der Waals surface area (Å²) in [6.07, 6.45) is -0.217. The highest BCUT2D eigenvalue weighted by Gasteiger charge is 2.21. The first-order valence-electron chi connectivity index (χ1n) is 10.5. The molecule has 182 valence electrons. The first-order valence-corrected chi connectivity index (χ1v) is 10.5. The van der Waals surface area contributed by atoms with Gasteiger partial charge in [-0.3, -0.25) is 9.79 Å². The molecule has 10 heteroatoms. The Kier molecular flexibility index (Phi) is 16.8. The van der Waals surface area contributed by atoms with Crippen LogP contribution in [0.1, 0.15) is 53.0 Å². The van der Waals surface area contributed by atoms with Gasteiger partial charge in [0.1, 0.15) is 18.2 Å². The van der Waals surface area contributed by atoms with Gasteiger partial charge in [0, 0.05) is 6.54 Å². The van der Waals surface area contributed by atoms with Crippen molar-refractivity contribution in [2.24, 2.45) is 16.5 Å². The van der Waals surface area contributed by atoms with Crippen LogP contribution in [0.25, 0.3) is 0 Å². The minimum Gasteiger partial charge on any atom is -0.480 e. The van der Waals surface area contributed by atoms with E-state index in [1.54, 1.807) is 20.8 Å². The Balaban J connectivity index is 0. The Labute approximate surface area is 190 Å². The van der Waals surface area contributed by atoms with Crippen LogP contribution in [0.2, 0.25) is 0 Å². The van der Waals surface area contributed by atoms with Crippen molar-refractivity contribution in [3.05, 3.63) is 35.9 Å². The number of amides is 2. The van der Waals surface area contributed by atoms with Crippen molar-refractivity contribution in [3.63, 3.8) is 0 Å². The van der Waals surface area contributed by atoms with Crippen LogP contribution in [-0.2, 0) is 14.3 Å². The second-order valence-corrected chi connectivity index (χ2v) is 7.42. The molecule has 0 saturated heterocycles. The third-order valence-electron chi connectivity index (χ3n) is 3.31. The number of aliphatic imine (C=N–C) groups is 1. The lowest BCUT2D eigenvalue weighted by molar-refractivity contribution is -0.141. The molecule has 0 spiro atoms. The monoisotopic (exact) mass is 453 g/mol. The van der Waals surface area contributed by atoms with E-state index < -0.39 is 29.6 Å². The molecule has 0 heterocycles. The largest absolute Gasteiger partial charge is 0.480 e. The van der Waals surface area contributed by atoms with Gasteiger partial charge in [0.2, 0.25) is 5.91 Å². The van der Waals surface area contributed by atoms with E-state index in [0.717, 1.165) is 0 Å². The number of aryl methyl sites for hydroxylation is 1. The molecule has 0 radical (unpaired) electrons. The van der Waals surface area contributed by atoms with Crippen LogP contribution in [0.15, 0.2) is 35.3 Å². The number of alkyl carbamates (subject to hydrolysis) is 1. The molecule has 7 N–H and O–H groups in total. The van der Waals surface area contributed by atoms with Gasteiger partial charge in [0.05, 0.1) is 0 Å². The molecule has 0 bridgehead atoms. The van der Waals surface area contributed by atoms with Gasteiger partial charge in [0.25, 0.3) is 0 Å². The van der Waals surface area contributed by atoms with Gasteiger partial charge >= 0.3 is 12.1 Å². The minimum absolute atomic E-state index is 0.0810. The number of nitrogens with two attached hydrogens (primary N) is 2. The summed E-state index contributed by atoms with van der Waals surface area (Å²) in [5.74, 6) is -1.90. The van der Waals surface area contributed by atoms with Crippen molar-refractivity contribution < 1.29 is 24.2 Å². The standard InChI is InChI=1S/C13H25N5O5.C7H8.C2H6/c1-13(2,3)23-12(22)17-7-9(19)18-8(10(20)21)5-4-6-16-11(14)15;1-7-5-3-2-4-6-7;1-2/h8H,4-7H2,1-3H3,(H,17,22)(H,18,19)(H,20,21)(H4,14,15,16);2-6H,1H3;1-2H3. The molecule has 0 saturated carbocycles. The van der Waals surface area contributed by atoms with Gasteiger partial charge in [-0.05, 0) is 40.5 Å². The third-order valence-corrected chi connectivity index (χ3v) is 3.31.